The van der Waals surface area contributed by atoms with Crippen LogP contribution in [0.1, 0.15) is 31.4 Å². The number of amides is 1. The van der Waals surface area contributed by atoms with Gasteiger partial charge >= 0.3 is 0 Å². The quantitative estimate of drug-likeness (QED) is 0.386. The van der Waals surface area contributed by atoms with Crippen molar-refractivity contribution in [3.8, 4) is 5.75 Å². The second kappa shape index (κ2) is 11.9. The summed E-state index contributed by atoms with van der Waals surface area (Å²) >= 11 is 0. The van der Waals surface area contributed by atoms with Crippen molar-refractivity contribution in [2.45, 2.75) is 38.3 Å². The van der Waals surface area contributed by atoms with Gasteiger partial charge in [-0.05, 0) is 24.8 Å². The lowest BCUT2D eigenvalue weighted by Crippen LogP contribution is -2.46. The number of rotatable bonds is 14. The molecule has 1 heterocycles. The minimum Gasteiger partial charge on any atom is -0.493 e. The van der Waals surface area contributed by atoms with Crippen LogP contribution in [0.25, 0.3) is 0 Å². The Kier molecular flexibility index (Phi) is 9.47. The van der Waals surface area contributed by atoms with Crippen LogP contribution in [0.2, 0.25) is 0 Å². The molecular formula is C19H30N2O6. The highest BCUT2D eigenvalue weighted by molar-refractivity contribution is 5.78. The first kappa shape index (κ1) is 21.6. The van der Waals surface area contributed by atoms with E-state index in [0.29, 0.717) is 18.1 Å². The van der Waals surface area contributed by atoms with Crippen LogP contribution in [0.5, 0.6) is 5.75 Å². The van der Waals surface area contributed by atoms with Crippen molar-refractivity contribution in [2.75, 3.05) is 41.0 Å². The maximum Gasteiger partial charge on any atom is 0.232 e. The molecule has 8 heteroatoms. The lowest BCUT2D eigenvalue weighted by Gasteiger charge is -2.29. The summed E-state index contributed by atoms with van der Waals surface area (Å²) in [5.74, 6) is 1.33. The number of methoxy groups -OCH3 is 2. The normalized spacial score (nSPS) is 14.8. The first-order valence-electron chi connectivity index (χ1n) is 9.25. The zero-order valence-electron chi connectivity index (χ0n) is 16.1. The summed E-state index contributed by atoms with van der Waals surface area (Å²) in [6, 6.07) is 3.56. The van der Waals surface area contributed by atoms with Crippen LogP contribution in [0.3, 0.4) is 0 Å². The average Bonchev–Trinajstić information content (AvgIpc) is 3.49. The van der Waals surface area contributed by atoms with Gasteiger partial charge in [0.1, 0.15) is 19.3 Å². The molecule has 1 N–H and O–H groups in total. The number of aliphatic hydroxyl groups excluding tert-OH is 1. The number of ether oxygens (including phenoxy) is 4. The molecule has 8 nitrogen and oxygen atoms in total. The Balaban J connectivity index is 1.89. The van der Waals surface area contributed by atoms with Gasteiger partial charge in [-0.3, -0.25) is 14.7 Å². The SMILES string of the molecule is COCO[C@H](CO)N(COC)C(=O)Cc1cc(OCCCC2CC2)ccn1. The summed E-state index contributed by atoms with van der Waals surface area (Å²) in [6.45, 7) is 0.253. The van der Waals surface area contributed by atoms with E-state index in [2.05, 4.69) is 4.98 Å². The lowest BCUT2D eigenvalue weighted by molar-refractivity contribution is -0.180. The fourth-order valence-corrected chi connectivity index (χ4v) is 2.71. The summed E-state index contributed by atoms with van der Waals surface area (Å²) < 4.78 is 21.0. The lowest BCUT2D eigenvalue weighted by atomic mass is 10.2. The maximum absolute atomic E-state index is 12.7. The van der Waals surface area contributed by atoms with Crippen LogP contribution in [-0.4, -0.2) is 68.1 Å². The zero-order chi connectivity index (χ0) is 19.5. The van der Waals surface area contributed by atoms with Gasteiger partial charge in [-0.2, -0.15) is 0 Å². The van der Waals surface area contributed by atoms with Gasteiger partial charge in [0.05, 0.1) is 25.3 Å². The third kappa shape index (κ3) is 7.80. The molecule has 1 atom stereocenters. The second-order valence-corrected chi connectivity index (χ2v) is 6.59. The molecular weight excluding hydrogens is 352 g/mol. The van der Waals surface area contributed by atoms with Gasteiger partial charge in [0, 0.05) is 26.5 Å². The van der Waals surface area contributed by atoms with Gasteiger partial charge in [-0.25, -0.2) is 0 Å². The molecule has 0 spiro atoms. The highest BCUT2D eigenvalue weighted by atomic mass is 16.7. The smallest absolute Gasteiger partial charge is 0.232 e. The third-order valence-electron chi connectivity index (χ3n) is 4.31. The number of pyridine rings is 1. The largest absolute Gasteiger partial charge is 0.493 e. The van der Waals surface area contributed by atoms with Crippen molar-refractivity contribution in [3.05, 3.63) is 24.0 Å². The molecule has 1 aromatic heterocycles. The van der Waals surface area contributed by atoms with Crippen LogP contribution in [0.4, 0.5) is 0 Å². The Morgan fingerprint density at radius 3 is 2.85 bits per heavy atom. The fourth-order valence-electron chi connectivity index (χ4n) is 2.71. The molecule has 0 unspecified atom stereocenters. The highest BCUT2D eigenvalue weighted by Crippen LogP contribution is 2.33. The van der Waals surface area contributed by atoms with E-state index >= 15 is 0 Å². The van der Waals surface area contributed by atoms with Crippen molar-refractivity contribution in [1.82, 2.24) is 9.88 Å². The van der Waals surface area contributed by atoms with E-state index in [1.807, 2.05) is 0 Å². The molecule has 152 valence electrons. The van der Waals surface area contributed by atoms with Crippen LogP contribution in [0, 0.1) is 5.92 Å². The number of hydrogen-bond donors (Lipinski definition) is 1. The molecule has 27 heavy (non-hydrogen) atoms. The van der Waals surface area contributed by atoms with Gasteiger partial charge in [0.2, 0.25) is 5.91 Å². The first-order chi connectivity index (χ1) is 13.2. The molecule has 1 aliphatic rings. The summed E-state index contributed by atoms with van der Waals surface area (Å²) in [7, 11) is 2.94. The summed E-state index contributed by atoms with van der Waals surface area (Å²) in [5, 5.41) is 9.51. The van der Waals surface area contributed by atoms with Crippen LogP contribution < -0.4 is 4.74 Å². The molecule has 0 aliphatic heterocycles. The summed E-state index contributed by atoms with van der Waals surface area (Å²) in [6.07, 6.45) is 5.79. The Labute approximate surface area is 160 Å². The van der Waals surface area contributed by atoms with Crippen molar-refractivity contribution in [2.24, 2.45) is 5.92 Å². The van der Waals surface area contributed by atoms with Crippen molar-refractivity contribution >= 4 is 5.91 Å². The standard InChI is InChI=1S/C19H30N2O6/c1-24-13-21(19(12-22)27-14-25-2)18(23)11-16-10-17(7-8-20-16)26-9-3-4-15-5-6-15/h7-8,10,15,19,22H,3-6,9,11-14H2,1-2H3/t19-/m1/s1. The van der Waals surface area contributed by atoms with E-state index in [0.717, 1.165) is 12.3 Å². The van der Waals surface area contributed by atoms with E-state index in [1.165, 1.54) is 38.4 Å². The first-order valence-corrected chi connectivity index (χ1v) is 9.25. The molecule has 0 saturated heterocycles. The topological polar surface area (TPSA) is 90.3 Å². The van der Waals surface area contributed by atoms with Gasteiger partial charge in [-0.1, -0.05) is 12.8 Å². The van der Waals surface area contributed by atoms with Gasteiger partial charge in [0.15, 0.2) is 6.23 Å². The number of carbonyl (C=O) groups excluding carboxylic acids is 1. The Morgan fingerprint density at radius 1 is 1.37 bits per heavy atom. The zero-order valence-corrected chi connectivity index (χ0v) is 16.1. The second-order valence-electron chi connectivity index (χ2n) is 6.59. The number of nitrogens with zero attached hydrogens (tertiary/aromatic N) is 2. The van der Waals surface area contributed by atoms with Gasteiger partial charge in [0.25, 0.3) is 0 Å². The van der Waals surface area contributed by atoms with Crippen molar-refractivity contribution < 1.29 is 28.8 Å². The molecule has 1 amide bonds. The van der Waals surface area contributed by atoms with Crippen LogP contribution in [-0.2, 0) is 25.4 Å². The van der Waals surface area contributed by atoms with E-state index in [4.69, 9.17) is 18.9 Å². The summed E-state index contributed by atoms with van der Waals surface area (Å²) in [4.78, 5) is 18.2. The Bertz CT molecular complexity index is 567. The van der Waals surface area contributed by atoms with Gasteiger partial charge < -0.3 is 24.1 Å². The van der Waals surface area contributed by atoms with Crippen molar-refractivity contribution in [1.29, 1.82) is 0 Å². The minimum atomic E-state index is -0.848. The Hall–Kier alpha value is -1.74. The van der Waals surface area contributed by atoms with E-state index in [9.17, 15) is 9.90 Å². The predicted molar refractivity (Wildman–Crippen MR) is 98.0 cm³/mol. The van der Waals surface area contributed by atoms with E-state index < -0.39 is 6.23 Å². The predicted octanol–water partition coefficient (Wildman–Crippen LogP) is 1.56. The van der Waals surface area contributed by atoms with Crippen LogP contribution in [0.15, 0.2) is 18.3 Å². The van der Waals surface area contributed by atoms with Crippen molar-refractivity contribution in [3.63, 3.8) is 0 Å². The molecule has 1 aliphatic carbocycles. The van der Waals surface area contributed by atoms with E-state index in [1.54, 1.807) is 18.3 Å². The van der Waals surface area contributed by atoms with Gasteiger partial charge in [-0.15, -0.1) is 0 Å². The van der Waals surface area contributed by atoms with Crippen LogP contribution >= 0.6 is 0 Å². The highest BCUT2D eigenvalue weighted by Gasteiger charge is 2.24. The summed E-state index contributed by atoms with van der Waals surface area (Å²) in [5.41, 5.74) is 0.587. The monoisotopic (exact) mass is 382 g/mol. The molecule has 0 bridgehead atoms. The molecule has 0 radical (unpaired) electrons. The number of aromatic nitrogens is 1. The Morgan fingerprint density at radius 2 is 2.19 bits per heavy atom. The molecule has 0 aromatic carbocycles. The third-order valence-corrected chi connectivity index (χ3v) is 4.31. The molecule has 2 rings (SSSR count). The average molecular weight is 382 g/mol. The molecule has 1 aromatic rings. The number of hydrogen-bond acceptors (Lipinski definition) is 7. The molecule has 1 fully saturated rings. The number of carbonyl (C=O) groups is 1. The van der Waals surface area contributed by atoms with E-state index in [-0.39, 0.29) is 32.5 Å². The minimum absolute atomic E-state index is 0.00880. The number of aliphatic hydroxyl groups is 1. The fraction of sp³-hybridized carbons (Fsp3) is 0.684. The molecule has 1 saturated carbocycles. The maximum atomic E-state index is 12.7.